The van der Waals surface area contributed by atoms with Gasteiger partial charge in [-0.3, -0.25) is 9.20 Å². The van der Waals surface area contributed by atoms with E-state index in [2.05, 4.69) is 18.8 Å². The highest BCUT2D eigenvalue weighted by Gasteiger charge is 2.66. The Bertz CT molecular complexity index is 1480. The number of fused-ring (bicyclic) bond motifs is 2. The molecule has 4 heterocycles. The van der Waals surface area contributed by atoms with Crippen molar-refractivity contribution in [2.75, 3.05) is 12.9 Å². The van der Waals surface area contributed by atoms with Crippen molar-refractivity contribution < 1.29 is 42.5 Å². The van der Waals surface area contributed by atoms with E-state index in [0.717, 1.165) is 56.1 Å². The maximum absolute atomic E-state index is 13.1. The highest BCUT2D eigenvalue weighted by molar-refractivity contribution is 7.91. The average Bonchev–Trinajstić information content (AvgIpc) is 3.53. The number of carbonyl (C=O) groups excluding carboxylic acids is 2. The number of nitrogens with zero attached hydrogens (tertiary/aromatic N) is 3. The van der Waals surface area contributed by atoms with Crippen LogP contribution in [0.4, 0.5) is 4.79 Å². The maximum Gasteiger partial charge on any atom is 0.508 e. The zero-order valence-corrected chi connectivity index (χ0v) is 26.2. The number of aromatic nitrogens is 2. The van der Waals surface area contributed by atoms with Crippen molar-refractivity contribution in [3.8, 4) is 0 Å². The molecule has 14 heteroatoms. The molecule has 0 saturated carbocycles. The Balaban J connectivity index is 1.66. The van der Waals surface area contributed by atoms with E-state index in [0.29, 0.717) is 15.3 Å². The van der Waals surface area contributed by atoms with Crippen LogP contribution in [0.1, 0.15) is 77.5 Å². The van der Waals surface area contributed by atoms with Crippen LogP contribution in [0.15, 0.2) is 23.2 Å². The normalized spacial score (nSPS) is 22.9. The molecule has 42 heavy (non-hydrogen) atoms. The Morgan fingerprint density at radius 2 is 1.86 bits per heavy atom. The van der Waals surface area contributed by atoms with Crippen molar-refractivity contribution in [2.45, 2.75) is 95.9 Å². The van der Waals surface area contributed by atoms with E-state index in [-0.39, 0.29) is 29.9 Å². The number of aliphatic hydroxyl groups is 1. The number of unbranched alkanes of at least 4 members (excludes halogenated alkanes) is 2. The van der Waals surface area contributed by atoms with Crippen LogP contribution in [-0.4, -0.2) is 82.1 Å². The quantitative estimate of drug-likeness (QED) is 0.230. The van der Waals surface area contributed by atoms with Crippen molar-refractivity contribution in [1.29, 1.82) is 0 Å². The number of imidazole rings is 1. The molecule has 1 fully saturated rings. The number of thiazole rings is 1. The molecule has 232 valence electrons. The fourth-order valence-corrected chi connectivity index (χ4v) is 8.51. The van der Waals surface area contributed by atoms with Gasteiger partial charge in [-0.25, -0.2) is 23.0 Å². The van der Waals surface area contributed by atoms with Crippen LogP contribution in [0.5, 0.6) is 0 Å². The summed E-state index contributed by atoms with van der Waals surface area (Å²) in [5.74, 6) is -2.70. The Morgan fingerprint density at radius 1 is 1.21 bits per heavy atom. The van der Waals surface area contributed by atoms with Crippen LogP contribution in [0, 0.1) is 11.3 Å². The molecule has 2 N–H and O–H groups in total. The molecule has 2 aliphatic heterocycles. The number of rotatable bonds is 14. The molecule has 2 aliphatic rings. The maximum atomic E-state index is 13.1. The van der Waals surface area contributed by atoms with E-state index in [1.807, 2.05) is 0 Å². The van der Waals surface area contributed by atoms with Crippen LogP contribution >= 0.6 is 11.3 Å². The second-order valence-corrected chi connectivity index (χ2v) is 14.3. The Morgan fingerprint density at radius 3 is 2.40 bits per heavy atom. The lowest BCUT2D eigenvalue weighted by Crippen LogP contribution is -2.66. The first-order valence-electron chi connectivity index (χ1n) is 14.3. The molecule has 1 unspecified atom stereocenters. The van der Waals surface area contributed by atoms with Crippen LogP contribution in [0.25, 0.3) is 10.4 Å². The largest absolute Gasteiger partial charge is 0.508 e. The van der Waals surface area contributed by atoms with E-state index in [1.54, 1.807) is 13.1 Å². The first-order valence-corrected chi connectivity index (χ1v) is 17.0. The van der Waals surface area contributed by atoms with Gasteiger partial charge in [-0.15, -0.1) is 11.3 Å². The monoisotopic (exact) mass is 625 g/mol. The van der Waals surface area contributed by atoms with Crippen LogP contribution < -0.4 is 0 Å². The lowest BCUT2D eigenvalue weighted by molar-refractivity contribution is -0.167. The molecule has 12 nitrogen and oxygen atoms in total. The van der Waals surface area contributed by atoms with Crippen molar-refractivity contribution in [2.24, 2.45) is 11.3 Å². The topological polar surface area (TPSA) is 165 Å². The van der Waals surface area contributed by atoms with Crippen LogP contribution in [0.3, 0.4) is 0 Å². The summed E-state index contributed by atoms with van der Waals surface area (Å²) in [5, 5.41) is 20.6. The van der Waals surface area contributed by atoms with Gasteiger partial charge in [-0.05, 0) is 26.2 Å². The third-order valence-electron chi connectivity index (χ3n) is 8.21. The second-order valence-electron chi connectivity index (χ2n) is 11.4. The highest BCUT2D eigenvalue weighted by atomic mass is 32.2. The van der Waals surface area contributed by atoms with Gasteiger partial charge in [0.2, 0.25) is 5.91 Å². The molecule has 0 spiro atoms. The molecule has 0 bridgehead atoms. The van der Waals surface area contributed by atoms with Crippen molar-refractivity contribution in [1.82, 2.24) is 14.3 Å². The molecule has 4 rings (SSSR count). The van der Waals surface area contributed by atoms with E-state index in [4.69, 9.17) is 9.47 Å². The fraction of sp³-hybridized carbons (Fsp3) is 0.643. The number of ether oxygens (including phenoxy) is 2. The number of hydrogen-bond acceptors (Lipinski definition) is 10. The SMILES string of the molecule is CCCCC(CCCC)OC(=O)OCC[C@@]1(C)C(c2cn3cnc(S(C)(=O)=O)c3s2)=C(C(=O)O)N2C(=O)C([C@@H](C)O)[C@@H]21. The smallest absolute Gasteiger partial charge is 0.477 e. The standard InChI is InChI=1S/C28H39N3O9S2/c1-6-8-10-17(11-9-7-2)40-27(36)39-13-12-28(4)20(18-14-30-15-29-23(25(30)41-18)42(5,37)38)21(26(34)35)31-22(28)19(16(3)32)24(31)33/h14-17,19,22,32H,6-13H2,1-5H3,(H,34,35)/t16-,19?,22-,28+/m1/s1. The van der Waals surface area contributed by atoms with E-state index in [1.165, 1.54) is 22.6 Å². The summed E-state index contributed by atoms with van der Waals surface area (Å²) in [7, 11) is -3.66. The molecule has 1 amide bonds. The number of aliphatic carboxylic acids is 1. The summed E-state index contributed by atoms with van der Waals surface area (Å²) in [5.41, 5.74) is -0.982. The molecule has 0 aromatic carbocycles. The molecule has 4 atom stereocenters. The Labute approximate surface area is 249 Å². The van der Waals surface area contributed by atoms with Gasteiger partial charge in [0.05, 0.1) is 29.5 Å². The van der Waals surface area contributed by atoms with Gasteiger partial charge in [-0.2, -0.15) is 0 Å². The van der Waals surface area contributed by atoms with Gasteiger partial charge in [-0.1, -0.05) is 46.5 Å². The number of β-lactam (4-membered cyclic amide) rings is 1. The summed E-state index contributed by atoms with van der Waals surface area (Å²) in [6.07, 6.45) is 7.27. The van der Waals surface area contributed by atoms with E-state index >= 15 is 0 Å². The Kier molecular flexibility index (Phi) is 9.38. The number of carbonyl (C=O) groups is 3. The summed E-state index contributed by atoms with van der Waals surface area (Å²) in [4.78, 5) is 44.3. The van der Waals surface area contributed by atoms with Crippen molar-refractivity contribution in [3.63, 3.8) is 0 Å². The van der Waals surface area contributed by atoms with Gasteiger partial charge in [0, 0.05) is 23.4 Å². The summed E-state index contributed by atoms with van der Waals surface area (Å²) in [6, 6.07) is -0.707. The van der Waals surface area contributed by atoms with E-state index in [9.17, 15) is 33.0 Å². The third kappa shape index (κ3) is 5.80. The molecule has 0 radical (unpaired) electrons. The first-order chi connectivity index (χ1) is 19.8. The van der Waals surface area contributed by atoms with Gasteiger partial charge >= 0.3 is 12.1 Å². The van der Waals surface area contributed by atoms with Gasteiger partial charge in [0.15, 0.2) is 14.9 Å². The molecule has 1 saturated heterocycles. The lowest BCUT2D eigenvalue weighted by Gasteiger charge is -2.50. The first kappa shape index (κ1) is 32.0. The molecular weight excluding hydrogens is 586 g/mol. The number of hydrogen-bond donors (Lipinski definition) is 2. The zero-order valence-electron chi connectivity index (χ0n) is 24.5. The van der Waals surface area contributed by atoms with E-state index < -0.39 is 51.3 Å². The van der Waals surface area contributed by atoms with Crippen molar-refractivity contribution >= 4 is 49.6 Å². The molecule has 2 aromatic heterocycles. The minimum atomic E-state index is -3.66. The zero-order chi connectivity index (χ0) is 31.0. The number of sulfone groups is 1. The number of carboxylic acid groups (broad SMARTS) is 1. The minimum Gasteiger partial charge on any atom is -0.477 e. The average molecular weight is 626 g/mol. The van der Waals surface area contributed by atoms with Gasteiger partial charge in [0.25, 0.3) is 0 Å². The van der Waals surface area contributed by atoms with Gasteiger partial charge < -0.3 is 24.6 Å². The summed E-state index contributed by atoms with van der Waals surface area (Å²) < 4.78 is 37.2. The van der Waals surface area contributed by atoms with Crippen molar-refractivity contribution in [3.05, 3.63) is 23.1 Å². The summed E-state index contributed by atoms with van der Waals surface area (Å²) in [6.45, 7) is 7.28. The predicted octanol–water partition coefficient (Wildman–Crippen LogP) is 4.12. The third-order valence-corrected chi connectivity index (χ3v) is 10.5. The number of carboxylic acids is 1. The summed E-state index contributed by atoms with van der Waals surface area (Å²) >= 11 is 1.05. The lowest BCUT2D eigenvalue weighted by atomic mass is 9.66. The second kappa shape index (κ2) is 12.3. The fourth-order valence-electron chi connectivity index (χ4n) is 6.12. The minimum absolute atomic E-state index is 0.120. The molecule has 0 aliphatic carbocycles. The number of amides is 1. The highest BCUT2D eigenvalue weighted by Crippen LogP contribution is 2.60. The number of aliphatic hydroxyl groups excluding tert-OH is 1. The predicted molar refractivity (Wildman–Crippen MR) is 155 cm³/mol. The van der Waals surface area contributed by atoms with Crippen LogP contribution in [-0.2, 0) is 28.9 Å². The molecular formula is C28H39N3O9S2. The van der Waals surface area contributed by atoms with Gasteiger partial charge in [0.1, 0.15) is 23.0 Å². The molecule has 2 aromatic rings. The Hall–Kier alpha value is -2.97. The van der Waals surface area contributed by atoms with Crippen LogP contribution in [0.2, 0.25) is 0 Å².